The zero-order valence-electron chi connectivity index (χ0n) is 14.9. The molecule has 0 saturated heterocycles. The molecule has 0 radical (unpaired) electrons. The van der Waals surface area contributed by atoms with Crippen molar-refractivity contribution in [3.63, 3.8) is 0 Å². The maximum atomic E-state index is 12.9. The van der Waals surface area contributed by atoms with E-state index >= 15 is 0 Å². The number of aryl methyl sites for hydroxylation is 2. The summed E-state index contributed by atoms with van der Waals surface area (Å²) in [5, 5.41) is 0.795. The van der Waals surface area contributed by atoms with Gasteiger partial charge < -0.3 is 4.90 Å². The molecule has 132 valence electrons. The van der Waals surface area contributed by atoms with Crippen LogP contribution >= 0.6 is 23.5 Å². The second kappa shape index (κ2) is 8.23. The minimum atomic E-state index is 0.183. The average Bonchev–Trinajstić information content (AvgIpc) is 2.83. The fraction of sp³-hybridized carbons (Fsp3) is 0.421. The number of anilines is 1. The summed E-state index contributed by atoms with van der Waals surface area (Å²) in [4.78, 5) is 25.1. The van der Waals surface area contributed by atoms with Crippen LogP contribution in [0.5, 0.6) is 0 Å². The highest BCUT2D eigenvalue weighted by Gasteiger charge is 2.21. The molecular weight excluding hydrogens is 350 g/mol. The van der Waals surface area contributed by atoms with Gasteiger partial charge in [-0.05, 0) is 56.4 Å². The third-order valence-electron chi connectivity index (χ3n) is 4.41. The standard InChI is InChI=1S/C19H23N3OS2/c1-13-15(14(2)21-19(20-13)24-3)9-10-18(23)22-11-6-12-25-17-8-5-4-7-16(17)22/h4-5,7-8H,6,9-12H2,1-3H3. The molecule has 1 aromatic heterocycles. The van der Waals surface area contributed by atoms with Crippen molar-refractivity contribution in [1.29, 1.82) is 0 Å². The molecule has 25 heavy (non-hydrogen) atoms. The molecule has 1 aliphatic heterocycles. The van der Waals surface area contributed by atoms with Gasteiger partial charge in [0.25, 0.3) is 0 Å². The highest BCUT2D eigenvalue weighted by molar-refractivity contribution is 7.99. The Bertz CT molecular complexity index is 756. The van der Waals surface area contributed by atoms with Gasteiger partial charge in [0.2, 0.25) is 5.91 Å². The normalized spacial score (nSPS) is 14.1. The van der Waals surface area contributed by atoms with Crippen molar-refractivity contribution in [3.05, 3.63) is 41.2 Å². The Labute approximate surface area is 157 Å². The van der Waals surface area contributed by atoms with Crippen LogP contribution in [-0.2, 0) is 11.2 Å². The van der Waals surface area contributed by atoms with Gasteiger partial charge in [-0.3, -0.25) is 4.79 Å². The number of nitrogens with zero attached hydrogens (tertiary/aromatic N) is 3. The number of hydrogen-bond donors (Lipinski definition) is 0. The Hall–Kier alpha value is -1.53. The molecule has 1 aliphatic rings. The Morgan fingerprint density at radius 3 is 2.68 bits per heavy atom. The first-order chi connectivity index (χ1) is 12.1. The molecule has 4 nitrogen and oxygen atoms in total. The van der Waals surface area contributed by atoms with E-state index in [-0.39, 0.29) is 5.91 Å². The molecule has 0 atom stereocenters. The molecule has 1 aromatic carbocycles. The van der Waals surface area contributed by atoms with Crippen LogP contribution in [0.25, 0.3) is 0 Å². The predicted octanol–water partition coefficient (Wildman–Crippen LogP) is 4.28. The lowest BCUT2D eigenvalue weighted by Crippen LogP contribution is -2.32. The summed E-state index contributed by atoms with van der Waals surface area (Å²) in [5.74, 6) is 1.24. The topological polar surface area (TPSA) is 46.1 Å². The number of para-hydroxylation sites is 1. The van der Waals surface area contributed by atoms with Crippen LogP contribution in [0.1, 0.15) is 29.8 Å². The summed E-state index contributed by atoms with van der Waals surface area (Å²) in [6, 6.07) is 8.21. The van der Waals surface area contributed by atoms with E-state index in [1.165, 1.54) is 4.90 Å². The molecule has 0 spiro atoms. The third kappa shape index (κ3) is 4.18. The lowest BCUT2D eigenvalue weighted by atomic mass is 10.1. The summed E-state index contributed by atoms with van der Waals surface area (Å²) in [5.41, 5.74) is 4.12. The maximum Gasteiger partial charge on any atom is 0.227 e. The van der Waals surface area contributed by atoms with E-state index in [0.29, 0.717) is 12.8 Å². The van der Waals surface area contributed by atoms with Crippen molar-refractivity contribution in [1.82, 2.24) is 9.97 Å². The van der Waals surface area contributed by atoms with Crippen LogP contribution in [-0.4, -0.2) is 34.4 Å². The fourth-order valence-corrected chi connectivity index (χ4v) is 4.57. The van der Waals surface area contributed by atoms with Gasteiger partial charge in [0.15, 0.2) is 5.16 Å². The first-order valence-corrected chi connectivity index (χ1v) is 10.7. The van der Waals surface area contributed by atoms with E-state index in [2.05, 4.69) is 22.1 Å². The molecule has 1 amide bonds. The third-order valence-corrected chi connectivity index (χ3v) is 6.11. The highest BCUT2D eigenvalue weighted by atomic mass is 32.2. The van der Waals surface area contributed by atoms with Gasteiger partial charge in [-0.2, -0.15) is 0 Å². The molecule has 0 bridgehead atoms. The lowest BCUT2D eigenvalue weighted by molar-refractivity contribution is -0.118. The first-order valence-electron chi connectivity index (χ1n) is 8.50. The van der Waals surface area contributed by atoms with Crippen molar-refractivity contribution < 1.29 is 4.79 Å². The number of benzene rings is 1. The summed E-state index contributed by atoms with van der Waals surface area (Å²) in [6.45, 7) is 4.81. The second-order valence-corrected chi connectivity index (χ2v) is 7.98. The maximum absolute atomic E-state index is 12.9. The summed E-state index contributed by atoms with van der Waals surface area (Å²) in [6.07, 6.45) is 4.18. The SMILES string of the molecule is CSc1nc(C)c(CCC(=O)N2CCCSc3ccccc32)c(C)n1. The van der Waals surface area contributed by atoms with Crippen LogP contribution < -0.4 is 4.90 Å². The number of carbonyl (C=O) groups is 1. The Morgan fingerprint density at radius 1 is 1.24 bits per heavy atom. The fourth-order valence-electron chi connectivity index (χ4n) is 3.12. The van der Waals surface area contributed by atoms with Crippen molar-refractivity contribution in [2.45, 2.75) is 43.2 Å². The van der Waals surface area contributed by atoms with Gasteiger partial charge >= 0.3 is 0 Å². The van der Waals surface area contributed by atoms with Crippen LogP contribution in [0, 0.1) is 13.8 Å². The van der Waals surface area contributed by atoms with Gasteiger partial charge in [-0.25, -0.2) is 9.97 Å². The lowest BCUT2D eigenvalue weighted by Gasteiger charge is -2.22. The molecule has 3 rings (SSSR count). The molecule has 0 unspecified atom stereocenters. The Kier molecular flexibility index (Phi) is 6.02. The van der Waals surface area contributed by atoms with Gasteiger partial charge in [-0.15, -0.1) is 11.8 Å². The molecule has 0 saturated carbocycles. The van der Waals surface area contributed by atoms with E-state index in [4.69, 9.17) is 0 Å². The van der Waals surface area contributed by atoms with E-state index < -0.39 is 0 Å². The average molecular weight is 374 g/mol. The molecule has 2 aromatic rings. The van der Waals surface area contributed by atoms with Gasteiger partial charge in [0.05, 0.1) is 5.69 Å². The second-order valence-electron chi connectivity index (χ2n) is 6.07. The van der Waals surface area contributed by atoms with Gasteiger partial charge in [0.1, 0.15) is 0 Å². The number of amides is 1. The highest BCUT2D eigenvalue weighted by Crippen LogP contribution is 2.34. The molecule has 0 fully saturated rings. The predicted molar refractivity (Wildman–Crippen MR) is 106 cm³/mol. The van der Waals surface area contributed by atoms with Crippen LogP contribution in [0.4, 0.5) is 5.69 Å². The van der Waals surface area contributed by atoms with Crippen LogP contribution in [0.3, 0.4) is 0 Å². The van der Waals surface area contributed by atoms with Gasteiger partial charge in [0, 0.05) is 29.2 Å². The zero-order chi connectivity index (χ0) is 17.8. The molecule has 0 aliphatic carbocycles. The van der Waals surface area contributed by atoms with Crippen LogP contribution in [0.2, 0.25) is 0 Å². The number of fused-ring (bicyclic) bond motifs is 1. The number of aromatic nitrogens is 2. The molecular formula is C19H23N3OS2. The monoisotopic (exact) mass is 373 g/mol. The smallest absolute Gasteiger partial charge is 0.227 e. The molecule has 0 N–H and O–H groups in total. The van der Waals surface area contributed by atoms with Crippen molar-refractivity contribution in [2.24, 2.45) is 0 Å². The number of thioether (sulfide) groups is 2. The van der Waals surface area contributed by atoms with Gasteiger partial charge in [-0.1, -0.05) is 23.9 Å². The molecule has 2 heterocycles. The van der Waals surface area contributed by atoms with Crippen LogP contribution in [0.15, 0.2) is 34.3 Å². The summed E-state index contributed by atoms with van der Waals surface area (Å²) in [7, 11) is 0. The van der Waals surface area contributed by atoms with E-state index in [9.17, 15) is 4.79 Å². The first kappa shape index (κ1) is 18.3. The van der Waals surface area contributed by atoms with E-state index in [1.807, 2.05) is 48.9 Å². The van der Waals surface area contributed by atoms with Crippen molar-refractivity contribution in [3.8, 4) is 0 Å². The quantitative estimate of drug-likeness (QED) is 0.591. The van der Waals surface area contributed by atoms with E-state index in [0.717, 1.165) is 46.5 Å². The summed E-state index contributed by atoms with van der Waals surface area (Å²) >= 11 is 3.39. The number of hydrogen-bond acceptors (Lipinski definition) is 5. The minimum absolute atomic E-state index is 0.183. The zero-order valence-corrected chi connectivity index (χ0v) is 16.5. The number of carbonyl (C=O) groups excluding carboxylic acids is 1. The molecule has 6 heteroatoms. The number of rotatable bonds is 4. The van der Waals surface area contributed by atoms with Crippen molar-refractivity contribution >= 4 is 35.1 Å². The Morgan fingerprint density at radius 2 is 1.96 bits per heavy atom. The van der Waals surface area contributed by atoms with E-state index in [1.54, 1.807) is 11.8 Å². The van der Waals surface area contributed by atoms with Crippen molar-refractivity contribution in [2.75, 3.05) is 23.5 Å². The Balaban J connectivity index is 1.75. The summed E-state index contributed by atoms with van der Waals surface area (Å²) < 4.78 is 0. The minimum Gasteiger partial charge on any atom is -0.311 e. The largest absolute Gasteiger partial charge is 0.311 e.